The van der Waals surface area contributed by atoms with Gasteiger partial charge in [-0.1, -0.05) is 12.2 Å². The Morgan fingerprint density at radius 1 is 1.39 bits per heavy atom. The highest BCUT2D eigenvalue weighted by Crippen LogP contribution is 2.36. The largest absolute Gasteiger partial charge is 0.481 e. The molecule has 0 spiro atoms. The molecule has 0 radical (unpaired) electrons. The van der Waals surface area contributed by atoms with Crippen molar-refractivity contribution < 1.29 is 17.9 Å². The van der Waals surface area contributed by atoms with Crippen molar-refractivity contribution >= 4 is 0 Å². The van der Waals surface area contributed by atoms with E-state index < -0.39 is 17.6 Å². The number of aromatic nitrogens is 1. The first-order valence-electron chi connectivity index (χ1n) is 5.52. The van der Waals surface area contributed by atoms with Crippen LogP contribution in [-0.2, 0) is 6.18 Å². The number of hydrogen-bond acceptors (Lipinski definition) is 3. The van der Waals surface area contributed by atoms with Gasteiger partial charge < -0.3 is 10.1 Å². The molecule has 1 N–H and O–H groups in total. The highest BCUT2D eigenvalue weighted by atomic mass is 19.4. The van der Waals surface area contributed by atoms with Crippen molar-refractivity contribution in [1.29, 1.82) is 0 Å². The van der Waals surface area contributed by atoms with E-state index in [0.717, 1.165) is 6.07 Å². The summed E-state index contributed by atoms with van der Waals surface area (Å²) >= 11 is 0. The maximum absolute atomic E-state index is 12.8. The molecular weight excluding hydrogens is 245 g/mol. The number of ether oxygens (including phenoxy) is 1. The molecule has 1 aromatic rings. The number of nitrogens with one attached hydrogen (secondary N) is 1. The number of methoxy groups -OCH3 is 1. The highest BCUT2D eigenvalue weighted by Gasteiger charge is 2.36. The van der Waals surface area contributed by atoms with Gasteiger partial charge in [0.05, 0.1) is 7.11 Å². The Kier molecular flexibility index (Phi) is 3.56. The van der Waals surface area contributed by atoms with Gasteiger partial charge in [-0.3, -0.25) is 0 Å². The predicted octanol–water partition coefficient (Wildman–Crippen LogP) is 2.70. The average Bonchev–Trinajstić information content (AvgIpc) is 2.38. The zero-order valence-electron chi connectivity index (χ0n) is 9.79. The van der Waals surface area contributed by atoms with Crippen LogP contribution in [0.3, 0.4) is 0 Å². The van der Waals surface area contributed by atoms with Crippen molar-refractivity contribution in [3.8, 4) is 5.88 Å². The van der Waals surface area contributed by atoms with E-state index in [4.69, 9.17) is 0 Å². The van der Waals surface area contributed by atoms with E-state index in [-0.39, 0.29) is 6.04 Å². The van der Waals surface area contributed by atoms with Crippen molar-refractivity contribution in [2.75, 3.05) is 13.7 Å². The summed E-state index contributed by atoms with van der Waals surface area (Å²) in [6, 6.07) is 0.970. The molecule has 0 fully saturated rings. The first-order valence-corrected chi connectivity index (χ1v) is 5.52. The minimum atomic E-state index is -4.46. The van der Waals surface area contributed by atoms with E-state index in [1.54, 1.807) is 0 Å². The lowest BCUT2D eigenvalue weighted by Gasteiger charge is -2.21. The molecule has 98 valence electrons. The zero-order chi connectivity index (χ0) is 13.2. The number of halogens is 3. The van der Waals surface area contributed by atoms with Crippen LogP contribution >= 0.6 is 0 Å². The van der Waals surface area contributed by atoms with Crippen LogP contribution in [0.5, 0.6) is 5.88 Å². The third kappa shape index (κ3) is 2.64. The number of pyridine rings is 1. The Morgan fingerprint density at radius 2 is 2.17 bits per heavy atom. The van der Waals surface area contributed by atoms with Gasteiger partial charge in [-0.15, -0.1) is 0 Å². The fourth-order valence-electron chi connectivity index (χ4n) is 1.89. The van der Waals surface area contributed by atoms with E-state index in [0.29, 0.717) is 18.5 Å². The number of nitrogens with zero attached hydrogens (tertiary/aromatic N) is 1. The van der Waals surface area contributed by atoms with Crippen molar-refractivity contribution in [3.63, 3.8) is 0 Å². The third-order valence-electron chi connectivity index (χ3n) is 2.79. The summed E-state index contributed by atoms with van der Waals surface area (Å²) in [5.74, 6) is -0.391. The van der Waals surface area contributed by atoms with E-state index in [2.05, 4.69) is 15.0 Å². The lowest BCUT2D eigenvalue weighted by atomic mass is 10.0. The molecule has 1 unspecified atom stereocenters. The molecule has 3 nitrogen and oxygen atoms in total. The highest BCUT2D eigenvalue weighted by molar-refractivity contribution is 5.34. The standard InChI is InChI=1S/C12H13F3N2O/c1-18-11-9(12(13,14)15)6-8(7-17-11)10-4-2-3-5-16-10/h2-3,6-7,10,16H,4-5H2,1H3. The van der Waals surface area contributed by atoms with Crippen molar-refractivity contribution in [2.24, 2.45) is 0 Å². The third-order valence-corrected chi connectivity index (χ3v) is 2.79. The van der Waals surface area contributed by atoms with Crippen molar-refractivity contribution in [1.82, 2.24) is 10.3 Å². The van der Waals surface area contributed by atoms with Gasteiger partial charge in [0.25, 0.3) is 0 Å². The summed E-state index contributed by atoms with van der Waals surface area (Å²) in [6.07, 6.45) is 1.51. The second-order valence-electron chi connectivity index (χ2n) is 3.99. The molecule has 18 heavy (non-hydrogen) atoms. The van der Waals surface area contributed by atoms with Crippen LogP contribution in [0.15, 0.2) is 24.4 Å². The normalized spacial score (nSPS) is 19.9. The average molecular weight is 258 g/mol. The topological polar surface area (TPSA) is 34.1 Å². The molecule has 0 aliphatic carbocycles. The molecule has 1 aliphatic heterocycles. The van der Waals surface area contributed by atoms with Gasteiger partial charge in [-0.2, -0.15) is 13.2 Å². The molecule has 2 rings (SSSR count). The van der Waals surface area contributed by atoms with Crippen LogP contribution in [0.1, 0.15) is 23.6 Å². The Hall–Kier alpha value is -1.56. The number of alkyl halides is 3. The van der Waals surface area contributed by atoms with Crippen molar-refractivity contribution in [2.45, 2.75) is 18.6 Å². The zero-order valence-corrected chi connectivity index (χ0v) is 9.79. The fourth-order valence-corrected chi connectivity index (χ4v) is 1.89. The maximum Gasteiger partial charge on any atom is 0.421 e. The fraction of sp³-hybridized carbons (Fsp3) is 0.417. The van der Waals surface area contributed by atoms with E-state index in [1.165, 1.54) is 13.3 Å². The van der Waals surface area contributed by atoms with E-state index in [1.807, 2.05) is 12.2 Å². The maximum atomic E-state index is 12.8. The van der Waals surface area contributed by atoms with Crippen LogP contribution in [0.4, 0.5) is 13.2 Å². The van der Waals surface area contributed by atoms with Crippen LogP contribution in [-0.4, -0.2) is 18.6 Å². The summed E-state index contributed by atoms with van der Waals surface area (Å²) in [4.78, 5) is 3.73. The van der Waals surface area contributed by atoms with E-state index >= 15 is 0 Å². The lowest BCUT2D eigenvalue weighted by Crippen LogP contribution is -2.24. The summed E-state index contributed by atoms with van der Waals surface area (Å²) < 4.78 is 43.1. The monoisotopic (exact) mass is 258 g/mol. The van der Waals surface area contributed by atoms with Crippen LogP contribution in [0.25, 0.3) is 0 Å². The predicted molar refractivity (Wildman–Crippen MR) is 60.3 cm³/mol. The van der Waals surface area contributed by atoms with Gasteiger partial charge in [0, 0.05) is 18.8 Å². The van der Waals surface area contributed by atoms with Gasteiger partial charge in [0.2, 0.25) is 5.88 Å². The smallest absolute Gasteiger partial charge is 0.421 e. The molecule has 1 atom stereocenters. The molecule has 0 bridgehead atoms. The quantitative estimate of drug-likeness (QED) is 0.828. The first-order chi connectivity index (χ1) is 8.52. The van der Waals surface area contributed by atoms with Gasteiger partial charge in [-0.25, -0.2) is 4.98 Å². The van der Waals surface area contributed by atoms with Gasteiger partial charge in [0.15, 0.2) is 0 Å². The summed E-state index contributed by atoms with van der Waals surface area (Å²) in [7, 11) is 1.18. The molecule has 1 aliphatic rings. The molecule has 2 heterocycles. The molecule has 0 saturated carbocycles. The Bertz CT molecular complexity index is 457. The molecule has 0 saturated heterocycles. The van der Waals surface area contributed by atoms with Crippen molar-refractivity contribution in [3.05, 3.63) is 35.5 Å². The van der Waals surface area contributed by atoms with Gasteiger partial charge >= 0.3 is 6.18 Å². The molecular formula is C12H13F3N2O. The first kappa shape index (κ1) is 12.9. The van der Waals surface area contributed by atoms with Crippen LogP contribution in [0.2, 0.25) is 0 Å². The summed E-state index contributed by atoms with van der Waals surface area (Å²) in [6.45, 7) is 0.651. The minimum absolute atomic E-state index is 0.130. The Morgan fingerprint density at radius 3 is 2.72 bits per heavy atom. The number of hydrogen-bond donors (Lipinski definition) is 1. The SMILES string of the molecule is COc1ncc(C2CC=CCN2)cc1C(F)(F)F. The summed E-state index contributed by atoms with van der Waals surface area (Å²) in [5.41, 5.74) is -0.314. The lowest BCUT2D eigenvalue weighted by molar-refractivity contribution is -0.139. The molecule has 0 amide bonds. The minimum Gasteiger partial charge on any atom is -0.481 e. The van der Waals surface area contributed by atoms with Crippen LogP contribution in [0, 0.1) is 0 Å². The number of rotatable bonds is 2. The van der Waals surface area contributed by atoms with Gasteiger partial charge in [0.1, 0.15) is 5.56 Å². The Labute approximate surface area is 103 Å². The second kappa shape index (κ2) is 4.97. The second-order valence-corrected chi connectivity index (χ2v) is 3.99. The van der Waals surface area contributed by atoms with E-state index in [9.17, 15) is 13.2 Å². The van der Waals surface area contributed by atoms with Gasteiger partial charge in [-0.05, 0) is 18.1 Å². The molecule has 0 aromatic carbocycles. The molecule has 6 heteroatoms. The molecule has 1 aromatic heterocycles. The van der Waals surface area contributed by atoms with Crippen LogP contribution < -0.4 is 10.1 Å². The summed E-state index contributed by atoms with van der Waals surface area (Å²) in [5, 5.41) is 3.12. The Balaban J connectivity index is 2.36.